The molecule has 0 saturated carbocycles. The highest BCUT2D eigenvalue weighted by atomic mass is 16.5. The Morgan fingerprint density at radius 3 is 2.52 bits per heavy atom. The van der Waals surface area contributed by atoms with Crippen molar-refractivity contribution < 1.29 is 14.3 Å². The zero-order valence-electron chi connectivity index (χ0n) is 13.5. The molecule has 1 N–H and O–H groups in total. The van der Waals surface area contributed by atoms with Gasteiger partial charge in [0.15, 0.2) is 0 Å². The molecule has 2 aromatic carbocycles. The van der Waals surface area contributed by atoms with Gasteiger partial charge in [-0.15, -0.1) is 0 Å². The Hall–Kier alpha value is -2.75. The third kappa shape index (κ3) is 5.51. The van der Waals surface area contributed by atoms with E-state index in [9.17, 15) is 4.79 Å². The molecule has 4 heteroatoms. The van der Waals surface area contributed by atoms with Crippen LogP contribution in [0.1, 0.15) is 12.5 Å². The quantitative estimate of drug-likeness (QED) is 0.791. The van der Waals surface area contributed by atoms with Gasteiger partial charge >= 0.3 is 0 Å². The Kier molecular flexibility index (Phi) is 5.80. The van der Waals surface area contributed by atoms with Crippen molar-refractivity contribution in [3.8, 4) is 11.5 Å². The van der Waals surface area contributed by atoms with Crippen LogP contribution in [-0.4, -0.2) is 19.6 Å². The summed E-state index contributed by atoms with van der Waals surface area (Å²) in [6, 6.07) is 14.8. The van der Waals surface area contributed by atoms with Gasteiger partial charge in [-0.05, 0) is 42.3 Å². The van der Waals surface area contributed by atoms with E-state index >= 15 is 0 Å². The van der Waals surface area contributed by atoms with Crippen LogP contribution in [0, 0.1) is 0 Å². The first-order chi connectivity index (χ1) is 11.1. The number of ether oxygens (including phenoxy) is 2. The summed E-state index contributed by atoms with van der Waals surface area (Å²) in [5.74, 6) is 1.40. The molecule has 0 atom stereocenters. The topological polar surface area (TPSA) is 47.6 Å². The van der Waals surface area contributed by atoms with Crippen molar-refractivity contribution in [2.75, 3.05) is 19.0 Å². The second-order valence-corrected chi connectivity index (χ2v) is 5.35. The third-order valence-electron chi connectivity index (χ3n) is 3.13. The number of hydrogen-bond donors (Lipinski definition) is 1. The van der Waals surface area contributed by atoms with Crippen molar-refractivity contribution in [2.45, 2.75) is 13.3 Å². The number of carbonyl (C=O) groups is 1. The molecule has 120 valence electrons. The summed E-state index contributed by atoms with van der Waals surface area (Å²) in [6.45, 7) is 6.16. The Bertz CT molecular complexity index is 677. The Balaban J connectivity index is 1.93. The molecule has 0 saturated heterocycles. The highest BCUT2D eigenvalue weighted by Crippen LogP contribution is 2.18. The summed E-state index contributed by atoms with van der Waals surface area (Å²) in [4.78, 5) is 12.1. The smallest absolute Gasteiger partial charge is 0.228 e. The van der Waals surface area contributed by atoms with Gasteiger partial charge in [-0.1, -0.05) is 24.8 Å². The van der Waals surface area contributed by atoms with Crippen LogP contribution in [0.15, 0.2) is 60.7 Å². The van der Waals surface area contributed by atoms with E-state index < -0.39 is 0 Å². The van der Waals surface area contributed by atoms with Crippen LogP contribution in [0.3, 0.4) is 0 Å². The van der Waals surface area contributed by atoms with Crippen LogP contribution in [0.5, 0.6) is 11.5 Å². The van der Waals surface area contributed by atoms with Crippen LogP contribution in [0.4, 0.5) is 5.69 Å². The molecule has 0 aliphatic rings. The van der Waals surface area contributed by atoms with Gasteiger partial charge in [0.05, 0.1) is 13.5 Å². The predicted octanol–water partition coefficient (Wildman–Crippen LogP) is 3.83. The lowest BCUT2D eigenvalue weighted by Crippen LogP contribution is -2.14. The molecule has 2 aromatic rings. The van der Waals surface area contributed by atoms with Crippen LogP contribution < -0.4 is 14.8 Å². The van der Waals surface area contributed by atoms with Gasteiger partial charge in [0, 0.05) is 11.8 Å². The fraction of sp³-hybridized carbons (Fsp3) is 0.211. The van der Waals surface area contributed by atoms with Crippen LogP contribution in [-0.2, 0) is 11.2 Å². The van der Waals surface area contributed by atoms with Crippen molar-refractivity contribution in [2.24, 2.45) is 0 Å². The second-order valence-electron chi connectivity index (χ2n) is 5.35. The molecule has 4 nitrogen and oxygen atoms in total. The average molecular weight is 311 g/mol. The van der Waals surface area contributed by atoms with E-state index in [0.717, 1.165) is 16.9 Å². The molecule has 0 aliphatic heterocycles. The highest BCUT2D eigenvalue weighted by molar-refractivity contribution is 5.92. The molecule has 0 aromatic heterocycles. The molecule has 0 spiro atoms. The van der Waals surface area contributed by atoms with Gasteiger partial charge in [0.2, 0.25) is 5.91 Å². The van der Waals surface area contributed by atoms with E-state index in [1.807, 2.05) is 49.4 Å². The van der Waals surface area contributed by atoms with Crippen LogP contribution in [0.2, 0.25) is 0 Å². The Morgan fingerprint density at radius 1 is 1.13 bits per heavy atom. The SMILES string of the molecule is C=C(C)COc1cccc(NC(=O)Cc2ccc(OC)cc2)c1. The molecular formula is C19H21NO3. The lowest BCUT2D eigenvalue weighted by molar-refractivity contribution is -0.115. The standard InChI is InChI=1S/C19H21NO3/c1-14(2)13-23-18-6-4-5-16(12-18)20-19(21)11-15-7-9-17(22-3)10-8-15/h4-10,12H,1,11,13H2,2-3H3,(H,20,21). The molecule has 0 aliphatic carbocycles. The fourth-order valence-electron chi connectivity index (χ4n) is 2.00. The summed E-state index contributed by atoms with van der Waals surface area (Å²) in [5.41, 5.74) is 2.58. The molecule has 0 radical (unpaired) electrons. The minimum absolute atomic E-state index is 0.0766. The Morgan fingerprint density at radius 2 is 1.87 bits per heavy atom. The van der Waals surface area contributed by atoms with Gasteiger partial charge in [0.1, 0.15) is 18.1 Å². The van der Waals surface area contributed by atoms with E-state index in [4.69, 9.17) is 9.47 Å². The number of anilines is 1. The predicted molar refractivity (Wildman–Crippen MR) is 92.1 cm³/mol. The molecule has 0 fully saturated rings. The first-order valence-corrected chi connectivity index (χ1v) is 7.37. The number of amides is 1. The second kappa shape index (κ2) is 8.03. The Labute approximate surface area is 136 Å². The van der Waals surface area contributed by atoms with Crippen molar-refractivity contribution in [3.63, 3.8) is 0 Å². The minimum atomic E-state index is -0.0766. The first kappa shape index (κ1) is 16.6. The van der Waals surface area contributed by atoms with E-state index in [0.29, 0.717) is 24.5 Å². The molecular weight excluding hydrogens is 290 g/mol. The molecule has 0 bridgehead atoms. The summed E-state index contributed by atoms with van der Waals surface area (Å²) >= 11 is 0. The van der Waals surface area contributed by atoms with Gasteiger partial charge in [-0.3, -0.25) is 4.79 Å². The zero-order chi connectivity index (χ0) is 16.7. The summed E-state index contributed by atoms with van der Waals surface area (Å²) in [5, 5.41) is 2.87. The van der Waals surface area contributed by atoms with E-state index in [2.05, 4.69) is 11.9 Å². The van der Waals surface area contributed by atoms with Gasteiger partial charge in [0.25, 0.3) is 0 Å². The maximum atomic E-state index is 12.1. The first-order valence-electron chi connectivity index (χ1n) is 7.37. The number of nitrogens with one attached hydrogen (secondary N) is 1. The third-order valence-corrected chi connectivity index (χ3v) is 3.13. The van der Waals surface area contributed by atoms with E-state index in [1.165, 1.54) is 0 Å². The normalized spacial score (nSPS) is 10.0. The maximum absolute atomic E-state index is 12.1. The maximum Gasteiger partial charge on any atom is 0.228 e. The monoisotopic (exact) mass is 311 g/mol. The molecule has 1 amide bonds. The summed E-state index contributed by atoms with van der Waals surface area (Å²) in [7, 11) is 1.62. The number of carbonyl (C=O) groups excluding carboxylic acids is 1. The van der Waals surface area contributed by atoms with Crippen LogP contribution >= 0.6 is 0 Å². The summed E-state index contributed by atoms with van der Waals surface area (Å²) in [6.07, 6.45) is 0.306. The molecule has 2 rings (SSSR count). The molecule has 0 heterocycles. The average Bonchev–Trinajstić information content (AvgIpc) is 2.54. The number of benzene rings is 2. The van der Waals surface area contributed by atoms with Crippen molar-refractivity contribution in [1.29, 1.82) is 0 Å². The summed E-state index contributed by atoms with van der Waals surface area (Å²) < 4.78 is 10.7. The number of rotatable bonds is 7. The lowest BCUT2D eigenvalue weighted by atomic mass is 10.1. The lowest BCUT2D eigenvalue weighted by Gasteiger charge is -2.09. The van der Waals surface area contributed by atoms with Gasteiger partial charge in [-0.25, -0.2) is 0 Å². The van der Waals surface area contributed by atoms with Crippen molar-refractivity contribution >= 4 is 11.6 Å². The van der Waals surface area contributed by atoms with E-state index in [1.54, 1.807) is 13.2 Å². The van der Waals surface area contributed by atoms with Crippen LogP contribution in [0.25, 0.3) is 0 Å². The van der Waals surface area contributed by atoms with Crippen molar-refractivity contribution in [3.05, 3.63) is 66.2 Å². The molecule has 23 heavy (non-hydrogen) atoms. The van der Waals surface area contributed by atoms with Crippen molar-refractivity contribution in [1.82, 2.24) is 0 Å². The number of hydrogen-bond acceptors (Lipinski definition) is 3. The minimum Gasteiger partial charge on any atom is -0.497 e. The van der Waals surface area contributed by atoms with Gasteiger partial charge in [-0.2, -0.15) is 0 Å². The number of methoxy groups -OCH3 is 1. The zero-order valence-corrected chi connectivity index (χ0v) is 13.5. The largest absolute Gasteiger partial charge is 0.497 e. The fourth-order valence-corrected chi connectivity index (χ4v) is 2.00. The van der Waals surface area contributed by atoms with E-state index in [-0.39, 0.29) is 5.91 Å². The van der Waals surface area contributed by atoms with Gasteiger partial charge < -0.3 is 14.8 Å². The molecule has 0 unspecified atom stereocenters. The highest BCUT2D eigenvalue weighted by Gasteiger charge is 2.05.